The highest BCUT2D eigenvalue weighted by Gasteiger charge is 2.35. The van der Waals surface area contributed by atoms with Gasteiger partial charge in [0.25, 0.3) is 0 Å². The Morgan fingerprint density at radius 2 is 1.50 bits per heavy atom. The van der Waals surface area contributed by atoms with Crippen LogP contribution in [0, 0.1) is 0 Å². The van der Waals surface area contributed by atoms with Crippen LogP contribution in [-0.2, 0) is 6.54 Å². The normalized spacial score (nSPS) is 17.8. The van der Waals surface area contributed by atoms with E-state index in [9.17, 15) is 0 Å². The largest absolute Gasteiger partial charge is 0.280 e. The topological polar surface area (TPSA) is 43.6 Å². The van der Waals surface area contributed by atoms with Crippen molar-refractivity contribution >= 4 is 43.4 Å². The number of aliphatic imine (C=N–C) groups is 1. The molecule has 3 aromatic rings. The maximum atomic E-state index is 4.85. The van der Waals surface area contributed by atoms with Gasteiger partial charge in [-0.2, -0.15) is 9.41 Å². The summed E-state index contributed by atoms with van der Waals surface area (Å²) in [4.78, 5) is 4.85. The zero-order chi connectivity index (χ0) is 18.9. The van der Waals surface area contributed by atoms with E-state index >= 15 is 0 Å². The van der Waals surface area contributed by atoms with Crippen LogP contribution in [0.2, 0.25) is 0 Å². The van der Waals surface area contributed by atoms with E-state index in [4.69, 9.17) is 4.99 Å². The summed E-state index contributed by atoms with van der Waals surface area (Å²) in [6.45, 7) is 0.735. The molecule has 28 heavy (non-hydrogen) atoms. The molecule has 5 nitrogen and oxygen atoms in total. The molecule has 2 heterocycles. The van der Waals surface area contributed by atoms with Gasteiger partial charge in [-0.1, -0.05) is 81.8 Å². The molecule has 1 unspecified atom stereocenters. The van der Waals surface area contributed by atoms with Gasteiger partial charge in [-0.15, -0.1) is 5.11 Å². The fourth-order valence-corrected chi connectivity index (χ4v) is 5.20. The molecule has 0 N–H and O–H groups in total. The van der Waals surface area contributed by atoms with Crippen LogP contribution in [-0.4, -0.2) is 15.3 Å². The summed E-state index contributed by atoms with van der Waals surface area (Å²) < 4.78 is 5.29. The van der Waals surface area contributed by atoms with Crippen molar-refractivity contribution in [2.45, 2.75) is 6.54 Å². The molecule has 0 fully saturated rings. The SMILES string of the molecule is Brc1ccc(N2N=NC3=S2N(Cc2ccccc2)C(c2ccccc2)=N3)cc1. The number of benzene rings is 3. The highest BCUT2D eigenvalue weighted by Crippen LogP contribution is 2.43. The zero-order valence-electron chi connectivity index (χ0n) is 14.8. The lowest BCUT2D eigenvalue weighted by atomic mass is 10.2. The minimum absolute atomic E-state index is 0.501. The van der Waals surface area contributed by atoms with E-state index in [1.54, 1.807) is 0 Å². The second-order valence-corrected chi connectivity index (χ2v) is 8.91. The van der Waals surface area contributed by atoms with Gasteiger partial charge >= 0.3 is 0 Å². The van der Waals surface area contributed by atoms with E-state index in [1.165, 1.54) is 5.56 Å². The molecule has 2 aliphatic heterocycles. The van der Waals surface area contributed by atoms with Crippen LogP contribution in [0.1, 0.15) is 11.1 Å². The van der Waals surface area contributed by atoms with E-state index in [2.05, 4.69) is 67.0 Å². The summed E-state index contributed by atoms with van der Waals surface area (Å²) >= 11 is 3.50. The fourth-order valence-electron chi connectivity index (χ4n) is 3.11. The molecule has 0 spiro atoms. The van der Waals surface area contributed by atoms with Gasteiger partial charge in [0.2, 0.25) is 5.11 Å². The second kappa shape index (κ2) is 7.33. The van der Waals surface area contributed by atoms with Crippen LogP contribution < -0.4 is 4.41 Å². The molecule has 0 saturated heterocycles. The molecule has 1 atom stereocenters. The van der Waals surface area contributed by atoms with Crippen LogP contribution in [0.5, 0.6) is 0 Å². The van der Waals surface area contributed by atoms with Crippen LogP contribution in [0.3, 0.4) is 0 Å². The Labute approximate surface area is 174 Å². The Bertz CT molecular complexity index is 1090. The van der Waals surface area contributed by atoms with Gasteiger partial charge in [-0.25, -0.2) is 0 Å². The predicted molar refractivity (Wildman–Crippen MR) is 119 cm³/mol. The molecule has 3 aromatic carbocycles. The zero-order valence-corrected chi connectivity index (χ0v) is 17.2. The molecule has 0 radical (unpaired) electrons. The van der Waals surface area contributed by atoms with Gasteiger partial charge in [0.15, 0.2) is 0 Å². The van der Waals surface area contributed by atoms with Crippen molar-refractivity contribution in [1.29, 1.82) is 0 Å². The van der Waals surface area contributed by atoms with E-state index in [-0.39, 0.29) is 0 Å². The van der Waals surface area contributed by atoms with Crippen molar-refractivity contribution in [2.24, 2.45) is 15.3 Å². The summed E-state index contributed by atoms with van der Waals surface area (Å²) in [5, 5.41) is 9.54. The van der Waals surface area contributed by atoms with Gasteiger partial charge in [0.05, 0.1) is 23.1 Å². The maximum Gasteiger partial charge on any atom is 0.243 e. The predicted octanol–water partition coefficient (Wildman–Crippen LogP) is 5.79. The number of hydrogen-bond donors (Lipinski definition) is 0. The van der Waals surface area contributed by atoms with Crippen LogP contribution in [0.25, 0.3) is 0 Å². The van der Waals surface area contributed by atoms with E-state index in [0.29, 0.717) is 0 Å². The summed E-state index contributed by atoms with van der Waals surface area (Å²) in [6.07, 6.45) is 0. The van der Waals surface area contributed by atoms with Crippen molar-refractivity contribution in [3.8, 4) is 0 Å². The van der Waals surface area contributed by atoms with Gasteiger partial charge in [0.1, 0.15) is 5.84 Å². The van der Waals surface area contributed by atoms with Gasteiger partial charge in [-0.05, 0) is 29.8 Å². The molecule has 138 valence electrons. The molecule has 0 aromatic heterocycles. The average molecular weight is 450 g/mol. The molecular weight excluding hydrogens is 434 g/mol. The maximum absolute atomic E-state index is 4.85. The number of anilines is 1. The third-order valence-electron chi connectivity index (χ3n) is 4.43. The van der Waals surface area contributed by atoms with Crippen molar-refractivity contribution in [2.75, 3.05) is 4.41 Å². The van der Waals surface area contributed by atoms with Crippen LogP contribution in [0.4, 0.5) is 5.69 Å². The fraction of sp³-hybridized carbons (Fsp3) is 0.0476. The molecule has 0 aliphatic carbocycles. The van der Waals surface area contributed by atoms with Crippen molar-refractivity contribution < 1.29 is 0 Å². The number of halogens is 1. The molecule has 0 bridgehead atoms. The smallest absolute Gasteiger partial charge is 0.243 e. The van der Waals surface area contributed by atoms with Crippen molar-refractivity contribution in [1.82, 2.24) is 4.31 Å². The Balaban J connectivity index is 1.55. The minimum Gasteiger partial charge on any atom is -0.280 e. The minimum atomic E-state index is -0.501. The second-order valence-electron chi connectivity index (χ2n) is 6.31. The standard InChI is InChI=1S/C21H16BrN5S/c22-18-11-13-19(14-12-18)27-25-24-21-23-20(17-9-5-2-6-10-17)26(28(21)27)15-16-7-3-1-4-8-16/h1-14H,15H2. The molecule has 7 heteroatoms. The van der Waals surface area contributed by atoms with E-state index < -0.39 is 10.9 Å². The lowest BCUT2D eigenvalue weighted by Gasteiger charge is -2.28. The molecular formula is C21H16BrN5S. The summed E-state index contributed by atoms with van der Waals surface area (Å²) in [6, 6.07) is 28.8. The summed E-state index contributed by atoms with van der Waals surface area (Å²) in [5.74, 6) is 0.934. The lowest BCUT2D eigenvalue weighted by Crippen LogP contribution is -2.28. The first-order valence-electron chi connectivity index (χ1n) is 8.84. The Hall–Kier alpha value is -2.77. The van der Waals surface area contributed by atoms with Gasteiger partial charge in [-0.3, -0.25) is 4.31 Å². The molecule has 0 saturated carbocycles. The number of rotatable bonds is 4. The van der Waals surface area contributed by atoms with Gasteiger partial charge in [0, 0.05) is 10.0 Å². The van der Waals surface area contributed by atoms with E-state index in [0.717, 1.165) is 33.2 Å². The first-order valence-corrected chi connectivity index (χ1v) is 10.8. The van der Waals surface area contributed by atoms with Crippen LogP contribution in [0.15, 0.2) is 105 Å². The highest BCUT2D eigenvalue weighted by molar-refractivity contribution is 9.10. The van der Waals surface area contributed by atoms with Gasteiger partial charge < -0.3 is 0 Å². The Kier molecular flexibility index (Phi) is 4.54. The van der Waals surface area contributed by atoms with Crippen LogP contribution >= 0.6 is 26.8 Å². The summed E-state index contributed by atoms with van der Waals surface area (Å²) in [5.41, 5.74) is 3.30. The molecule has 5 rings (SSSR count). The third-order valence-corrected chi connectivity index (χ3v) is 6.79. The quantitative estimate of drug-likeness (QED) is 0.473. The average Bonchev–Trinajstić information content (AvgIpc) is 3.31. The Morgan fingerprint density at radius 1 is 0.821 bits per heavy atom. The van der Waals surface area contributed by atoms with Crippen molar-refractivity contribution in [3.05, 3.63) is 101 Å². The molecule has 2 aliphatic rings. The monoisotopic (exact) mass is 449 g/mol. The lowest BCUT2D eigenvalue weighted by molar-refractivity contribution is 0.671. The molecule has 0 amide bonds. The van der Waals surface area contributed by atoms with Crippen molar-refractivity contribution in [3.63, 3.8) is 0 Å². The summed E-state index contributed by atoms with van der Waals surface area (Å²) in [7, 11) is -0.501. The first kappa shape index (κ1) is 17.3. The highest BCUT2D eigenvalue weighted by atomic mass is 79.9. The van der Waals surface area contributed by atoms with E-state index in [1.807, 2.05) is 52.9 Å². The third kappa shape index (κ3) is 3.16. The Morgan fingerprint density at radius 3 is 2.21 bits per heavy atom. The first-order chi connectivity index (χ1) is 13.8. The number of amidine groups is 1. The number of hydrogen-bond acceptors (Lipinski definition) is 5. The number of nitrogens with zero attached hydrogens (tertiary/aromatic N) is 5.